The summed E-state index contributed by atoms with van der Waals surface area (Å²) in [6.07, 6.45) is 2.85. The Balaban J connectivity index is 1.27. The monoisotopic (exact) mass is 443 g/mol. The number of carbonyl (C=O) groups is 2. The van der Waals surface area contributed by atoms with Gasteiger partial charge in [-0.1, -0.05) is 60.7 Å². The van der Waals surface area contributed by atoms with E-state index in [-0.39, 0.29) is 18.5 Å². The molecule has 3 amide bonds. The molecule has 33 heavy (non-hydrogen) atoms. The molecule has 1 saturated heterocycles. The number of nitrogens with zero attached hydrogens (tertiary/aromatic N) is 1. The maximum absolute atomic E-state index is 12.4. The number of rotatable bonds is 8. The SMILES string of the molecule is O=C(COc1ccccc1Cc1ccccc1)NCc1cccc(NC(=O)N2CCCC2)c1. The molecule has 0 saturated carbocycles. The van der Waals surface area contributed by atoms with E-state index in [1.807, 2.05) is 71.6 Å². The van der Waals surface area contributed by atoms with Crippen LogP contribution in [0.25, 0.3) is 0 Å². The van der Waals surface area contributed by atoms with E-state index >= 15 is 0 Å². The zero-order valence-corrected chi connectivity index (χ0v) is 18.6. The molecule has 0 atom stereocenters. The van der Waals surface area contributed by atoms with E-state index in [4.69, 9.17) is 4.74 Å². The molecule has 3 aromatic carbocycles. The third-order valence-corrected chi connectivity index (χ3v) is 5.63. The molecular formula is C27H29N3O3. The first-order valence-corrected chi connectivity index (χ1v) is 11.3. The second kappa shape index (κ2) is 11.2. The maximum Gasteiger partial charge on any atom is 0.321 e. The van der Waals surface area contributed by atoms with Crippen LogP contribution >= 0.6 is 0 Å². The number of hydrogen-bond acceptors (Lipinski definition) is 3. The summed E-state index contributed by atoms with van der Waals surface area (Å²) in [5.74, 6) is 0.513. The molecule has 1 fully saturated rings. The van der Waals surface area contributed by atoms with Crippen molar-refractivity contribution >= 4 is 17.6 Å². The molecule has 0 spiro atoms. The van der Waals surface area contributed by atoms with Crippen molar-refractivity contribution in [3.63, 3.8) is 0 Å². The van der Waals surface area contributed by atoms with Crippen molar-refractivity contribution in [3.05, 3.63) is 95.6 Å². The van der Waals surface area contributed by atoms with Gasteiger partial charge in [-0.15, -0.1) is 0 Å². The molecule has 1 aliphatic rings. The maximum atomic E-state index is 12.4. The summed E-state index contributed by atoms with van der Waals surface area (Å²) in [6, 6.07) is 25.4. The number of likely N-dealkylation sites (tertiary alicyclic amines) is 1. The van der Waals surface area contributed by atoms with Crippen LogP contribution in [-0.4, -0.2) is 36.5 Å². The number of ether oxygens (including phenoxy) is 1. The molecule has 6 heteroatoms. The van der Waals surface area contributed by atoms with Gasteiger partial charge in [-0.3, -0.25) is 4.79 Å². The van der Waals surface area contributed by atoms with E-state index in [0.29, 0.717) is 12.3 Å². The smallest absolute Gasteiger partial charge is 0.321 e. The van der Waals surface area contributed by atoms with E-state index in [0.717, 1.165) is 49.2 Å². The van der Waals surface area contributed by atoms with E-state index < -0.39 is 0 Å². The summed E-state index contributed by atoms with van der Waals surface area (Å²) in [4.78, 5) is 26.5. The van der Waals surface area contributed by atoms with Crippen molar-refractivity contribution in [3.8, 4) is 5.75 Å². The van der Waals surface area contributed by atoms with E-state index in [1.54, 1.807) is 0 Å². The fraction of sp³-hybridized carbons (Fsp3) is 0.259. The molecule has 1 aliphatic heterocycles. The predicted octanol–water partition coefficient (Wildman–Crippen LogP) is 4.60. The van der Waals surface area contributed by atoms with Gasteiger partial charge in [0.25, 0.3) is 5.91 Å². The van der Waals surface area contributed by atoms with Gasteiger partial charge in [-0.2, -0.15) is 0 Å². The highest BCUT2D eigenvalue weighted by atomic mass is 16.5. The van der Waals surface area contributed by atoms with Gasteiger partial charge in [-0.05, 0) is 47.7 Å². The lowest BCUT2D eigenvalue weighted by atomic mass is 10.0. The van der Waals surface area contributed by atoms with Gasteiger partial charge in [-0.25, -0.2) is 4.79 Å². The van der Waals surface area contributed by atoms with Crippen LogP contribution in [0.2, 0.25) is 0 Å². The van der Waals surface area contributed by atoms with Crippen LogP contribution in [0.15, 0.2) is 78.9 Å². The first-order chi connectivity index (χ1) is 16.2. The van der Waals surface area contributed by atoms with E-state index in [1.165, 1.54) is 5.56 Å². The zero-order chi connectivity index (χ0) is 22.9. The highest BCUT2D eigenvalue weighted by Crippen LogP contribution is 2.21. The van der Waals surface area contributed by atoms with Crippen molar-refractivity contribution in [2.24, 2.45) is 0 Å². The number of hydrogen-bond donors (Lipinski definition) is 2. The molecule has 0 aliphatic carbocycles. The number of carbonyl (C=O) groups excluding carboxylic acids is 2. The predicted molar refractivity (Wildman–Crippen MR) is 129 cm³/mol. The highest BCUT2D eigenvalue weighted by molar-refractivity contribution is 5.89. The Morgan fingerprint density at radius 1 is 0.848 bits per heavy atom. The van der Waals surface area contributed by atoms with Crippen molar-refractivity contribution in [1.82, 2.24) is 10.2 Å². The largest absolute Gasteiger partial charge is 0.483 e. The molecule has 0 bridgehead atoms. The lowest BCUT2D eigenvalue weighted by Crippen LogP contribution is -2.32. The minimum absolute atomic E-state index is 0.0583. The Hall–Kier alpha value is -3.80. The number of amides is 3. The van der Waals surface area contributed by atoms with Gasteiger partial charge in [0.15, 0.2) is 6.61 Å². The van der Waals surface area contributed by atoms with Crippen LogP contribution in [0.4, 0.5) is 10.5 Å². The summed E-state index contributed by atoms with van der Waals surface area (Å²) in [5.41, 5.74) is 3.87. The first kappa shape index (κ1) is 22.4. The molecule has 0 radical (unpaired) electrons. The Bertz CT molecular complexity index is 1080. The van der Waals surface area contributed by atoms with Crippen LogP contribution in [0.3, 0.4) is 0 Å². The molecule has 1 heterocycles. The lowest BCUT2D eigenvalue weighted by molar-refractivity contribution is -0.123. The Labute approximate surface area is 194 Å². The Kier molecular flexibility index (Phi) is 7.59. The van der Waals surface area contributed by atoms with Gasteiger partial charge < -0.3 is 20.3 Å². The number of urea groups is 1. The molecule has 0 unspecified atom stereocenters. The van der Waals surface area contributed by atoms with Gasteiger partial charge >= 0.3 is 6.03 Å². The Morgan fingerprint density at radius 3 is 2.39 bits per heavy atom. The lowest BCUT2D eigenvalue weighted by Gasteiger charge is -2.16. The second-order valence-corrected chi connectivity index (χ2v) is 8.16. The third-order valence-electron chi connectivity index (χ3n) is 5.63. The highest BCUT2D eigenvalue weighted by Gasteiger charge is 2.17. The number of para-hydroxylation sites is 1. The Morgan fingerprint density at radius 2 is 1.58 bits per heavy atom. The van der Waals surface area contributed by atoms with Gasteiger partial charge in [0.2, 0.25) is 0 Å². The van der Waals surface area contributed by atoms with E-state index in [2.05, 4.69) is 22.8 Å². The van der Waals surface area contributed by atoms with Crippen LogP contribution in [0, 0.1) is 0 Å². The number of anilines is 1. The summed E-state index contributed by atoms with van der Waals surface area (Å²) < 4.78 is 5.82. The number of benzene rings is 3. The summed E-state index contributed by atoms with van der Waals surface area (Å²) in [6.45, 7) is 1.91. The summed E-state index contributed by atoms with van der Waals surface area (Å²) in [7, 11) is 0. The molecule has 4 rings (SSSR count). The van der Waals surface area contributed by atoms with Crippen molar-refractivity contribution < 1.29 is 14.3 Å². The number of nitrogens with one attached hydrogen (secondary N) is 2. The van der Waals surface area contributed by atoms with Crippen LogP contribution < -0.4 is 15.4 Å². The third kappa shape index (κ3) is 6.59. The van der Waals surface area contributed by atoms with Gasteiger partial charge in [0.05, 0.1) is 0 Å². The van der Waals surface area contributed by atoms with Gasteiger partial charge in [0.1, 0.15) is 5.75 Å². The van der Waals surface area contributed by atoms with Crippen molar-refractivity contribution in [2.75, 3.05) is 25.0 Å². The summed E-state index contributed by atoms with van der Waals surface area (Å²) in [5, 5.41) is 5.82. The van der Waals surface area contributed by atoms with Gasteiger partial charge in [0, 0.05) is 31.7 Å². The molecule has 0 aromatic heterocycles. The quantitative estimate of drug-likeness (QED) is 0.535. The fourth-order valence-electron chi connectivity index (χ4n) is 3.88. The zero-order valence-electron chi connectivity index (χ0n) is 18.6. The topological polar surface area (TPSA) is 70.7 Å². The molecule has 6 nitrogen and oxygen atoms in total. The second-order valence-electron chi connectivity index (χ2n) is 8.16. The molecule has 3 aromatic rings. The van der Waals surface area contributed by atoms with Crippen LogP contribution in [0.1, 0.15) is 29.5 Å². The fourth-order valence-corrected chi connectivity index (χ4v) is 3.88. The molecule has 170 valence electrons. The standard InChI is InChI=1S/C27H29N3O3/c31-26(20-33-25-14-5-4-12-23(25)17-21-9-2-1-3-10-21)28-19-22-11-8-13-24(18-22)29-27(32)30-15-6-7-16-30/h1-5,8-14,18H,6-7,15-17,19-20H2,(H,28,31)(H,29,32). The van der Waals surface area contributed by atoms with E-state index in [9.17, 15) is 9.59 Å². The average molecular weight is 444 g/mol. The minimum atomic E-state index is -0.198. The molecular weight excluding hydrogens is 414 g/mol. The minimum Gasteiger partial charge on any atom is -0.483 e. The van der Waals surface area contributed by atoms with Crippen LogP contribution in [-0.2, 0) is 17.8 Å². The summed E-state index contributed by atoms with van der Waals surface area (Å²) >= 11 is 0. The van der Waals surface area contributed by atoms with Crippen molar-refractivity contribution in [1.29, 1.82) is 0 Å². The molecule has 2 N–H and O–H groups in total. The van der Waals surface area contributed by atoms with Crippen LogP contribution in [0.5, 0.6) is 5.75 Å². The normalized spacial score (nSPS) is 12.9. The first-order valence-electron chi connectivity index (χ1n) is 11.3. The van der Waals surface area contributed by atoms with Crippen molar-refractivity contribution in [2.45, 2.75) is 25.8 Å². The average Bonchev–Trinajstić information content (AvgIpc) is 3.38.